The van der Waals surface area contributed by atoms with Gasteiger partial charge in [-0.1, -0.05) is 54.1 Å². The molecule has 0 heterocycles. The van der Waals surface area contributed by atoms with Crippen molar-refractivity contribution in [3.8, 4) is 0 Å². The van der Waals surface area contributed by atoms with E-state index < -0.39 is 0 Å². The fourth-order valence-electron chi connectivity index (χ4n) is 3.87. The first-order valence-corrected chi connectivity index (χ1v) is 9.51. The summed E-state index contributed by atoms with van der Waals surface area (Å²) in [5.41, 5.74) is 19.7. The zero-order valence-corrected chi connectivity index (χ0v) is 17.3. The van der Waals surface area contributed by atoms with Gasteiger partial charge in [-0.2, -0.15) is 0 Å². The first kappa shape index (κ1) is 19.0. The molecule has 2 N–H and O–H groups in total. The molecule has 3 rings (SSSR count). The molecule has 0 aromatic heterocycles. The van der Waals surface area contributed by atoms with Gasteiger partial charge in [0, 0.05) is 11.3 Å². The van der Waals surface area contributed by atoms with E-state index >= 15 is 0 Å². The van der Waals surface area contributed by atoms with Gasteiger partial charge in [-0.25, -0.2) is 0 Å². The molecule has 1 aliphatic carbocycles. The summed E-state index contributed by atoms with van der Waals surface area (Å²) in [7, 11) is 0. The quantitative estimate of drug-likeness (QED) is 0.541. The van der Waals surface area contributed by atoms with Crippen LogP contribution in [-0.4, -0.2) is 0 Å². The number of allylic oxidation sites excluding steroid dienone is 8. The molecule has 0 atom stereocenters. The molecule has 138 valence electrons. The highest BCUT2D eigenvalue weighted by atomic mass is 14.6. The summed E-state index contributed by atoms with van der Waals surface area (Å²) in [6.07, 6.45) is 4.57. The summed E-state index contributed by atoms with van der Waals surface area (Å²) in [4.78, 5) is 0. The highest BCUT2D eigenvalue weighted by molar-refractivity contribution is 5.94. The van der Waals surface area contributed by atoms with Crippen LogP contribution in [0.5, 0.6) is 0 Å². The highest BCUT2D eigenvalue weighted by Crippen LogP contribution is 2.36. The van der Waals surface area contributed by atoms with Crippen molar-refractivity contribution in [2.75, 3.05) is 0 Å². The Morgan fingerprint density at radius 3 is 1.56 bits per heavy atom. The van der Waals surface area contributed by atoms with Gasteiger partial charge in [0.1, 0.15) is 0 Å². The second kappa shape index (κ2) is 7.44. The van der Waals surface area contributed by atoms with Gasteiger partial charge in [0.15, 0.2) is 0 Å². The minimum absolute atomic E-state index is 0.842. The van der Waals surface area contributed by atoms with E-state index in [1.54, 1.807) is 0 Å². The normalized spacial score (nSPS) is 19.9. The van der Waals surface area contributed by atoms with Gasteiger partial charge in [0.2, 0.25) is 0 Å². The zero-order chi connectivity index (χ0) is 19.7. The van der Waals surface area contributed by atoms with Crippen LogP contribution in [-0.2, 0) is 0 Å². The predicted molar refractivity (Wildman–Crippen MR) is 120 cm³/mol. The van der Waals surface area contributed by atoms with Crippen LogP contribution in [0.15, 0.2) is 65.9 Å². The summed E-state index contributed by atoms with van der Waals surface area (Å²) in [5.74, 6) is 0. The van der Waals surface area contributed by atoms with Crippen LogP contribution >= 0.6 is 0 Å². The van der Waals surface area contributed by atoms with E-state index in [0.717, 1.165) is 11.3 Å². The molecular formula is C26H29N. The lowest BCUT2D eigenvalue weighted by atomic mass is 9.89. The molecule has 2 aromatic carbocycles. The Labute approximate surface area is 163 Å². The van der Waals surface area contributed by atoms with E-state index in [9.17, 15) is 0 Å². The summed E-state index contributed by atoms with van der Waals surface area (Å²) in [5, 5.41) is 0. The third kappa shape index (κ3) is 3.55. The van der Waals surface area contributed by atoms with Crippen molar-refractivity contribution in [3.63, 3.8) is 0 Å². The number of fused-ring (bicyclic) bond motifs is 3. The van der Waals surface area contributed by atoms with E-state index in [1.165, 1.54) is 50.1 Å². The van der Waals surface area contributed by atoms with Crippen LogP contribution in [0, 0.1) is 6.92 Å². The molecule has 0 unspecified atom stereocenters. The molecular weight excluding hydrogens is 326 g/mol. The van der Waals surface area contributed by atoms with E-state index in [0.29, 0.717) is 0 Å². The smallest absolute Gasteiger partial charge is 0.0129 e. The molecule has 2 aromatic rings. The monoisotopic (exact) mass is 355 g/mol. The molecule has 2 bridgehead atoms. The zero-order valence-electron chi connectivity index (χ0n) is 17.3. The predicted octanol–water partition coefficient (Wildman–Crippen LogP) is 7.00. The summed E-state index contributed by atoms with van der Waals surface area (Å²) >= 11 is 0. The highest BCUT2D eigenvalue weighted by Gasteiger charge is 2.15. The molecule has 0 saturated carbocycles. The molecule has 0 fully saturated rings. The van der Waals surface area contributed by atoms with Gasteiger partial charge in [-0.05, 0) is 92.2 Å². The Morgan fingerprint density at radius 1 is 0.630 bits per heavy atom. The third-order valence-corrected chi connectivity index (χ3v) is 5.38. The van der Waals surface area contributed by atoms with E-state index in [2.05, 4.69) is 89.2 Å². The second-order valence-electron chi connectivity index (χ2n) is 7.69. The van der Waals surface area contributed by atoms with Crippen molar-refractivity contribution in [3.05, 3.63) is 93.7 Å². The molecule has 27 heavy (non-hydrogen) atoms. The first-order chi connectivity index (χ1) is 12.8. The maximum Gasteiger partial charge on any atom is 0.0129 e. The van der Waals surface area contributed by atoms with Crippen molar-refractivity contribution < 1.29 is 0 Å². The molecule has 0 spiro atoms. The molecule has 1 aliphatic rings. The Balaban J connectivity index is 2.49. The number of rotatable bonds is 0. The molecule has 0 radical (unpaired) electrons. The van der Waals surface area contributed by atoms with Crippen molar-refractivity contribution in [1.82, 2.24) is 0 Å². The summed E-state index contributed by atoms with van der Waals surface area (Å²) in [6, 6.07) is 15.2. The van der Waals surface area contributed by atoms with Gasteiger partial charge in [-0.3, -0.25) is 0 Å². The topological polar surface area (TPSA) is 26.0 Å². The lowest BCUT2D eigenvalue weighted by Gasteiger charge is -2.16. The number of benzene rings is 2. The minimum atomic E-state index is 0.842. The number of hydrogen-bond donors (Lipinski definition) is 1. The summed E-state index contributed by atoms with van der Waals surface area (Å²) < 4.78 is 0. The lowest BCUT2D eigenvalue weighted by molar-refractivity contribution is 1.29. The Bertz CT molecular complexity index is 939. The maximum absolute atomic E-state index is 6.34. The van der Waals surface area contributed by atoms with Gasteiger partial charge in [0.05, 0.1) is 0 Å². The first-order valence-electron chi connectivity index (χ1n) is 9.51. The van der Waals surface area contributed by atoms with Crippen LogP contribution in [0.25, 0.3) is 22.3 Å². The molecule has 0 amide bonds. The fraction of sp³-hybridized carbons (Fsp3) is 0.231. The largest absolute Gasteiger partial charge is 0.402 e. The van der Waals surface area contributed by atoms with Crippen molar-refractivity contribution in [2.24, 2.45) is 5.73 Å². The Morgan fingerprint density at radius 2 is 1.07 bits per heavy atom. The van der Waals surface area contributed by atoms with Crippen LogP contribution < -0.4 is 5.73 Å². The SMILES string of the molecule is CC(C)=C1/C=C(\C)c2ccccc2/C(C)=C/C(=C(\C)N)c2cccc1c2C. The lowest BCUT2D eigenvalue weighted by Crippen LogP contribution is -2.01. The second-order valence-corrected chi connectivity index (χ2v) is 7.69. The van der Waals surface area contributed by atoms with Crippen LogP contribution in [0.2, 0.25) is 0 Å². The Hall–Kier alpha value is -2.80. The minimum Gasteiger partial charge on any atom is -0.402 e. The van der Waals surface area contributed by atoms with Crippen molar-refractivity contribution >= 4 is 22.3 Å². The molecule has 1 nitrogen and oxygen atoms in total. The Kier molecular flexibility index (Phi) is 5.23. The van der Waals surface area contributed by atoms with E-state index in [4.69, 9.17) is 5.73 Å². The van der Waals surface area contributed by atoms with Crippen molar-refractivity contribution in [2.45, 2.75) is 41.5 Å². The third-order valence-electron chi connectivity index (χ3n) is 5.38. The summed E-state index contributed by atoms with van der Waals surface area (Å²) in [6.45, 7) is 12.9. The average molecular weight is 356 g/mol. The number of hydrogen-bond acceptors (Lipinski definition) is 1. The fourth-order valence-corrected chi connectivity index (χ4v) is 3.87. The number of nitrogens with two attached hydrogens (primary N) is 1. The van der Waals surface area contributed by atoms with Gasteiger partial charge < -0.3 is 5.73 Å². The van der Waals surface area contributed by atoms with Crippen LogP contribution in [0.4, 0.5) is 0 Å². The van der Waals surface area contributed by atoms with Crippen molar-refractivity contribution in [1.29, 1.82) is 0 Å². The van der Waals surface area contributed by atoms with E-state index in [1.807, 2.05) is 6.92 Å². The van der Waals surface area contributed by atoms with Crippen LogP contribution in [0.3, 0.4) is 0 Å². The molecule has 0 aliphatic heterocycles. The molecule has 1 heteroatoms. The van der Waals surface area contributed by atoms with Gasteiger partial charge >= 0.3 is 0 Å². The standard InChI is InChI=1S/C26H29N/c1-16(2)25-14-17(3)21-10-7-8-11-22(21)18(4)15-26(20(6)27)24-13-9-12-23(25)19(24)5/h7-15H,27H2,1-6H3/b17-14+,18-15+,26-20-. The van der Waals surface area contributed by atoms with Crippen LogP contribution in [0.1, 0.15) is 62.4 Å². The van der Waals surface area contributed by atoms with E-state index in [-0.39, 0.29) is 0 Å². The average Bonchev–Trinajstić information content (AvgIpc) is 2.64. The van der Waals surface area contributed by atoms with Gasteiger partial charge in [0.25, 0.3) is 0 Å². The van der Waals surface area contributed by atoms with Gasteiger partial charge in [-0.15, -0.1) is 0 Å². The molecule has 0 saturated heterocycles. The maximum atomic E-state index is 6.34.